The van der Waals surface area contributed by atoms with Gasteiger partial charge in [0.15, 0.2) is 0 Å². The lowest BCUT2D eigenvalue weighted by molar-refractivity contribution is 0.0742. The van der Waals surface area contributed by atoms with Gasteiger partial charge < -0.3 is 10.6 Å². The van der Waals surface area contributed by atoms with Crippen molar-refractivity contribution in [2.45, 2.75) is 32.1 Å². The molecule has 0 aliphatic carbocycles. The van der Waals surface area contributed by atoms with Crippen LogP contribution in [0, 0.1) is 0 Å². The SMILES string of the molecule is Nc1cc(C(=O)N2CCCCCCC2)ccc1Br. The predicted molar refractivity (Wildman–Crippen MR) is 77.5 cm³/mol. The van der Waals surface area contributed by atoms with Gasteiger partial charge in [-0.15, -0.1) is 0 Å². The summed E-state index contributed by atoms with van der Waals surface area (Å²) < 4.78 is 0.840. The van der Waals surface area contributed by atoms with Crippen molar-refractivity contribution in [1.29, 1.82) is 0 Å². The Morgan fingerprint density at radius 2 is 1.72 bits per heavy atom. The molecule has 1 amide bonds. The number of hydrogen-bond donors (Lipinski definition) is 1. The van der Waals surface area contributed by atoms with Gasteiger partial charge in [0.25, 0.3) is 5.91 Å². The zero-order valence-corrected chi connectivity index (χ0v) is 12.1. The molecule has 98 valence electrons. The molecule has 0 saturated carbocycles. The summed E-state index contributed by atoms with van der Waals surface area (Å²) in [5, 5.41) is 0. The highest BCUT2D eigenvalue weighted by atomic mass is 79.9. The normalized spacial score (nSPS) is 17.1. The maximum atomic E-state index is 12.4. The van der Waals surface area contributed by atoms with Crippen LogP contribution in [0.5, 0.6) is 0 Å². The highest BCUT2D eigenvalue weighted by Gasteiger charge is 2.17. The van der Waals surface area contributed by atoms with Gasteiger partial charge in [0.2, 0.25) is 0 Å². The minimum Gasteiger partial charge on any atom is -0.398 e. The van der Waals surface area contributed by atoms with Crippen molar-refractivity contribution in [3.8, 4) is 0 Å². The number of likely N-dealkylation sites (tertiary alicyclic amines) is 1. The second kappa shape index (κ2) is 6.23. The molecule has 0 unspecified atom stereocenters. The van der Waals surface area contributed by atoms with Gasteiger partial charge in [-0.1, -0.05) is 19.3 Å². The van der Waals surface area contributed by atoms with Crippen molar-refractivity contribution in [3.05, 3.63) is 28.2 Å². The summed E-state index contributed by atoms with van der Waals surface area (Å²) in [6, 6.07) is 5.43. The third-order valence-electron chi connectivity index (χ3n) is 3.39. The van der Waals surface area contributed by atoms with E-state index in [2.05, 4.69) is 15.9 Å². The van der Waals surface area contributed by atoms with E-state index in [-0.39, 0.29) is 5.91 Å². The lowest BCUT2D eigenvalue weighted by Crippen LogP contribution is -2.33. The van der Waals surface area contributed by atoms with Crippen molar-refractivity contribution >= 4 is 27.5 Å². The van der Waals surface area contributed by atoms with Crippen LogP contribution >= 0.6 is 15.9 Å². The first kappa shape index (κ1) is 13.4. The lowest BCUT2D eigenvalue weighted by atomic mass is 10.1. The standard InChI is InChI=1S/C14H19BrN2O/c15-12-7-6-11(10-13(12)16)14(18)17-8-4-2-1-3-5-9-17/h6-7,10H,1-5,8-9,16H2. The molecular weight excluding hydrogens is 292 g/mol. The average molecular weight is 311 g/mol. The third kappa shape index (κ3) is 3.25. The number of anilines is 1. The molecule has 2 N–H and O–H groups in total. The molecule has 2 rings (SSSR count). The molecule has 1 aliphatic rings. The quantitative estimate of drug-likeness (QED) is 0.808. The molecule has 0 radical (unpaired) electrons. The van der Waals surface area contributed by atoms with E-state index in [9.17, 15) is 4.79 Å². The molecule has 0 spiro atoms. The van der Waals surface area contributed by atoms with Crippen LogP contribution in [0.4, 0.5) is 5.69 Å². The Morgan fingerprint density at radius 1 is 1.11 bits per heavy atom. The van der Waals surface area contributed by atoms with Crippen molar-refractivity contribution in [2.24, 2.45) is 0 Å². The summed E-state index contributed by atoms with van der Waals surface area (Å²) in [6.07, 6.45) is 5.97. The van der Waals surface area contributed by atoms with Crippen molar-refractivity contribution in [1.82, 2.24) is 4.90 Å². The molecule has 0 atom stereocenters. The number of benzene rings is 1. The Balaban J connectivity index is 2.10. The molecule has 1 saturated heterocycles. The third-order valence-corrected chi connectivity index (χ3v) is 4.11. The summed E-state index contributed by atoms with van der Waals surface area (Å²) >= 11 is 3.35. The van der Waals surface area contributed by atoms with E-state index in [0.717, 1.165) is 30.4 Å². The Bertz CT molecular complexity index is 426. The van der Waals surface area contributed by atoms with Gasteiger partial charge >= 0.3 is 0 Å². The number of halogens is 1. The van der Waals surface area contributed by atoms with Gasteiger partial charge in [0, 0.05) is 28.8 Å². The minimum atomic E-state index is 0.108. The van der Waals surface area contributed by atoms with Crippen molar-refractivity contribution in [3.63, 3.8) is 0 Å². The molecule has 3 nitrogen and oxygen atoms in total. The Kier molecular flexibility index (Phi) is 4.64. The van der Waals surface area contributed by atoms with Gasteiger partial charge in [0.05, 0.1) is 0 Å². The van der Waals surface area contributed by atoms with Crippen LogP contribution in [-0.4, -0.2) is 23.9 Å². The van der Waals surface area contributed by atoms with Gasteiger partial charge in [-0.2, -0.15) is 0 Å². The van der Waals surface area contributed by atoms with Crippen LogP contribution in [0.1, 0.15) is 42.5 Å². The fourth-order valence-corrected chi connectivity index (χ4v) is 2.56. The summed E-state index contributed by atoms with van der Waals surface area (Å²) in [5.41, 5.74) is 7.14. The predicted octanol–water partition coefficient (Wildman–Crippen LogP) is 3.44. The van der Waals surface area contributed by atoms with Crippen LogP contribution < -0.4 is 5.73 Å². The fraction of sp³-hybridized carbons (Fsp3) is 0.500. The fourth-order valence-electron chi connectivity index (χ4n) is 2.31. The maximum absolute atomic E-state index is 12.4. The Labute approximate surface area is 116 Å². The number of nitrogens with zero attached hydrogens (tertiary/aromatic N) is 1. The monoisotopic (exact) mass is 310 g/mol. The summed E-state index contributed by atoms with van der Waals surface area (Å²) in [5.74, 6) is 0.108. The Morgan fingerprint density at radius 3 is 2.33 bits per heavy atom. The molecule has 1 aliphatic heterocycles. The topological polar surface area (TPSA) is 46.3 Å². The molecule has 4 heteroatoms. The van der Waals surface area contributed by atoms with Crippen LogP contribution in [-0.2, 0) is 0 Å². The first-order valence-corrected chi connectivity index (χ1v) is 7.32. The van der Waals surface area contributed by atoms with E-state index >= 15 is 0 Å². The molecule has 0 aromatic heterocycles. The second-order valence-corrected chi connectivity index (χ2v) is 5.65. The lowest BCUT2D eigenvalue weighted by Gasteiger charge is -2.25. The number of amides is 1. The van der Waals surface area contributed by atoms with Crippen molar-refractivity contribution < 1.29 is 4.79 Å². The molecule has 0 bridgehead atoms. The van der Waals surface area contributed by atoms with E-state index < -0.39 is 0 Å². The van der Waals surface area contributed by atoms with E-state index in [1.54, 1.807) is 6.07 Å². The van der Waals surface area contributed by atoms with Gasteiger partial charge in [0.1, 0.15) is 0 Å². The smallest absolute Gasteiger partial charge is 0.253 e. The van der Waals surface area contributed by atoms with Gasteiger partial charge in [-0.3, -0.25) is 4.79 Å². The number of carbonyl (C=O) groups is 1. The zero-order valence-electron chi connectivity index (χ0n) is 10.5. The summed E-state index contributed by atoms with van der Waals surface area (Å²) in [4.78, 5) is 14.3. The molecule has 1 aromatic carbocycles. The number of nitrogen functional groups attached to an aromatic ring is 1. The number of hydrogen-bond acceptors (Lipinski definition) is 2. The van der Waals surface area contributed by atoms with E-state index in [1.807, 2.05) is 17.0 Å². The van der Waals surface area contributed by atoms with Gasteiger partial charge in [-0.05, 0) is 47.0 Å². The van der Waals surface area contributed by atoms with E-state index in [4.69, 9.17) is 5.73 Å². The highest BCUT2D eigenvalue weighted by molar-refractivity contribution is 9.10. The first-order valence-electron chi connectivity index (χ1n) is 6.53. The summed E-state index contributed by atoms with van der Waals surface area (Å²) in [6.45, 7) is 1.74. The van der Waals surface area contributed by atoms with E-state index in [0.29, 0.717) is 11.3 Å². The largest absolute Gasteiger partial charge is 0.398 e. The highest BCUT2D eigenvalue weighted by Crippen LogP contribution is 2.21. The number of carbonyl (C=O) groups excluding carboxylic acids is 1. The van der Waals surface area contributed by atoms with Crippen molar-refractivity contribution in [2.75, 3.05) is 18.8 Å². The molecule has 18 heavy (non-hydrogen) atoms. The zero-order chi connectivity index (χ0) is 13.0. The van der Waals surface area contributed by atoms with E-state index in [1.165, 1.54) is 19.3 Å². The van der Waals surface area contributed by atoms with Crippen LogP contribution in [0.25, 0.3) is 0 Å². The summed E-state index contributed by atoms with van der Waals surface area (Å²) in [7, 11) is 0. The van der Waals surface area contributed by atoms with Crippen LogP contribution in [0.2, 0.25) is 0 Å². The Hall–Kier alpha value is -1.03. The number of nitrogens with two attached hydrogens (primary N) is 1. The average Bonchev–Trinajstić information content (AvgIpc) is 2.31. The molecule has 1 aromatic rings. The second-order valence-electron chi connectivity index (χ2n) is 4.80. The molecule has 1 fully saturated rings. The molecule has 1 heterocycles. The molecular formula is C14H19BrN2O. The van der Waals surface area contributed by atoms with Crippen LogP contribution in [0.15, 0.2) is 22.7 Å². The maximum Gasteiger partial charge on any atom is 0.253 e. The van der Waals surface area contributed by atoms with Gasteiger partial charge in [-0.25, -0.2) is 0 Å². The minimum absolute atomic E-state index is 0.108. The van der Waals surface area contributed by atoms with Crippen LogP contribution in [0.3, 0.4) is 0 Å². The number of rotatable bonds is 1. The first-order chi connectivity index (χ1) is 8.68.